The number of rotatable bonds is 3. The molecule has 0 aliphatic carbocycles. The molecule has 0 saturated carbocycles. The van der Waals surface area contributed by atoms with Gasteiger partial charge in [-0.2, -0.15) is 5.10 Å². The topological polar surface area (TPSA) is 57.0 Å². The lowest BCUT2D eigenvalue weighted by molar-refractivity contribution is 0.0526. The van der Waals surface area contributed by atoms with Crippen molar-refractivity contribution in [1.82, 2.24) is 14.8 Å². The van der Waals surface area contributed by atoms with Gasteiger partial charge in [0.1, 0.15) is 5.82 Å². The van der Waals surface area contributed by atoms with E-state index in [-0.39, 0.29) is 18.0 Å². The standard InChI is InChI=1S/C11H9F2N3O2/c1-2-18-11(17)7-4-15-16(6-7)10-9(13)3-8(12)5-14-10/h3-6H,2H2,1H3. The van der Waals surface area contributed by atoms with E-state index in [1.54, 1.807) is 6.92 Å². The van der Waals surface area contributed by atoms with Gasteiger partial charge in [0.15, 0.2) is 11.6 Å². The van der Waals surface area contributed by atoms with Gasteiger partial charge in [-0.15, -0.1) is 0 Å². The predicted molar refractivity (Wildman–Crippen MR) is 57.2 cm³/mol. The van der Waals surface area contributed by atoms with Crippen molar-refractivity contribution in [1.29, 1.82) is 0 Å². The third-order valence-corrected chi connectivity index (χ3v) is 2.10. The monoisotopic (exact) mass is 253 g/mol. The molecule has 0 aliphatic heterocycles. The summed E-state index contributed by atoms with van der Waals surface area (Å²) in [5.74, 6) is -2.40. The number of nitrogens with zero attached hydrogens (tertiary/aromatic N) is 3. The number of esters is 1. The minimum atomic E-state index is -0.867. The second-order valence-electron chi connectivity index (χ2n) is 3.35. The first-order chi connectivity index (χ1) is 8.61. The van der Waals surface area contributed by atoms with Crippen LogP contribution in [0.15, 0.2) is 24.7 Å². The Bertz CT molecular complexity index is 583. The molecule has 0 aromatic carbocycles. The van der Waals surface area contributed by atoms with Crippen LogP contribution in [0.4, 0.5) is 8.78 Å². The fourth-order valence-corrected chi connectivity index (χ4v) is 1.33. The molecular formula is C11H9F2N3O2. The molecule has 0 N–H and O–H groups in total. The zero-order valence-corrected chi connectivity index (χ0v) is 9.43. The van der Waals surface area contributed by atoms with Crippen LogP contribution in [0.5, 0.6) is 0 Å². The van der Waals surface area contributed by atoms with Gasteiger partial charge in [-0.1, -0.05) is 0 Å². The first kappa shape index (κ1) is 12.2. The lowest BCUT2D eigenvalue weighted by atomic mass is 10.4. The zero-order chi connectivity index (χ0) is 13.1. The lowest BCUT2D eigenvalue weighted by Gasteiger charge is -2.01. The van der Waals surface area contributed by atoms with Gasteiger partial charge in [0.25, 0.3) is 0 Å². The summed E-state index contributed by atoms with van der Waals surface area (Å²) >= 11 is 0. The van der Waals surface area contributed by atoms with Gasteiger partial charge in [0, 0.05) is 12.3 Å². The van der Waals surface area contributed by atoms with Crippen LogP contribution in [0, 0.1) is 11.6 Å². The summed E-state index contributed by atoms with van der Waals surface area (Å²) in [6.07, 6.45) is 3.36. The van der Waals surface area contributed by atoms with E-state index in [9.17, 15) is 13.6 Å². The summed E-state index contributed by atoms with van der Waals surface area (Å²) in [7, 11) is 0. The van der Waals surface area contributed by atoms with Gasteiger partial charge in [0.05, 0.1) is 24.6 Å². The lowest BCUT2D eigenvalue weighted by Crippen LogP contribution is -2.04. The van der Waals surface area contributed by atoms with Crippen molar-refractivity contribution in [2.45, 2.75) is 6.92 Å². The number of ether oxygens (including phenoxy) is 1. The first-order valence-electron chi connectivity index (χ1n) is 5.15. The molecule has 0 radical (unpaired) electrons. The van der Waals surface area contributed by atoms with E-state index in [0.717, 1.165) is 10.9 Å². The van der Waals surface area contributed by atoms with Crippen LogP contribution >= 0.6 is 0 Å². The highest BCUT2D eigenvalue weighted by atomic mass is 19.1. The maximum atomic E-state index is 13.4. The minimum Gasteiger partial charge on any atom is -0.462 e. The van der Waals surface area contributed by atoms with Crippen molar-refractivity contribution in [2.24, 2.45) is 0 Å². The molecule has 0 aliphatic rings. The molecule has 2 rings (SSSR count). The molecule has 7 heteroatoms. The Morgan fingerprint density at radius 3 is 2.89 bits per heavy atom. The highest BCUT2D eigenvalue weighted by Crippen LogP contribution is 2.12. The Kier molecular flexibility index (Phi) is 3.31. The molecule has 2 heterocycles. The summed E-state index contributed by atoms with van der Waals surface area (Å²) < 4.78 is 31.9. The molecule has 2 aromatic heterocycles. The third-order valence-electron chi connectivity index (χ3n) is 2.10. The number of pyridine rings is 1. The fraction of sp³-hybridized carbons (Fsp3) is 0.182. The van der Waals surface area contributed by atoms with E-state index < -0.39 is 17.6 Å². The van der Waals surface area contributed by atoms with Crippen LogP contribution in [-0.2, 0) is 4.74 Å². The second-order valence-corrected chi connectivity index (χ2v) is 3.35. The fourth-order valence-electron chi connectivity index (χ4n) is 1.33. The molecule has 0 atom stereocenters. The molecule has 0 unspecified atom stereocenters. The Morgan fingerprint density at radius 1 is 1.44 bits per heavy atom. The van der Waals surface area contributed by atoms with Gasteiger partial charge in [0.2, 0.25) is 0 Å². The number of carbonyl (C=O) groups excluding carboxylic acids is 1. The van der Waals surface area contributed by atoms with E-state index in [0.29, 0.717) is 6.07 Å². The van der Waals surface area contributed by atoms with E-state index in [4.69, 9.17) is 4.74 Å². The molecule has 0 bridgehead atoms. The van der Waals surface area contributed by atoms with Crippen molar-refractivity contribution >= 4 is 5.97 Å². The number of carbonyl (C=O) groups is 1. The second kappa shape index (κ2) is 4.91. The van der Waals surface area contributed by atoms with Crippen LogP contribution < -0.4 is 0 Å². The van der Waals surface area contributed by atoms with Gasteiger partial charge < -0.3 is 4.74 Å². The van der Waals surface area contributed by atoms with Crippen LogP contribution in [0.1, 0.15) is 17.3 Å². The predicted octanol–water partition coefficient (Wildman–Crippen LogP) is 1.72. The van der Waals surface area contributed by atoms with Gasteiger partial charge >= 0.3 is 5.97 Å². The van der Waals surface area contributed by atoms with Crippen molar-refractivity contribution in [3.05, 3.63) is 41.9 Å². The van der Waals surface area contributed by atoms with Crippen molar-refractivity contribution in [3.63, 3.8) is 0 Å². The molecule has 0 amide bonds. The van der Waals surface area contributed by atoms with E-state index in [1.165, 1.54) is 12.4 Å². The minimum absolute atomic E-state index is 0.169. The molecule has 0 saturated heterocycles. The van der Waals surface area contributed by atoms with E-state index in [2.05, 4.69) is 10.1 Å². The van der Waals surface area contributed by atoms with Crippen LogP contribution in [0.3, 0.4) is 0 Å². The highest BCUT2D eigenvalue weighted by Gasteiger charge is 2.13. The smallest absolute Gasteiger partial charge is 0.341 e. The average molecular weight is 253 g/mol. The number of aromatic nitrogens is 3. The van der Waals surface area contributed by atoms with Crippen LogP contribution in [0.2, 0.25) is 0 Å². The maximum absolute atomic E-state index is 13.4. The zero-order valence-electron chi connectivity index (χ0n) is 9.43. The quantitative estimate of drug-likeness (QED) is 0.781. The van der Waals surface area contributed by atoms with Crippen molar-refractivity contribution in [3.8, 4) is 5.82 Å². The SMILES string of the molecule is CCOC(=O)c1cnn(-c2ncc(F)cc2F)c1. The molecule has 0 fully saturated rings. The Labute approximate surface area is 101 Å². The summed E-state index contributed by atoms with van der Waals surface area (Å²) in [6, 6.07) is 0.689. The number of hydrogen-bond acceptors (Lipinski definition) is 4. The third kappa shape index (κ3) is 2.34. The van der Waals surface area contributed by atoms with Crippen LogP contribution in [-0.4, -0.2) is 27.3 Å². The normalized spacial score (nSPS) is 10.4. The summed E-state index contributed by atoms with van der Waals surface area (Å²) in [4.78, 5) is 14.9. The number of halogens is 2. The maximum Gasteiger partial charge on any atom is 0.341 e. The average Bonchev–Trinajstić information content (AvgIpc) is 2.78. The largest absolute Gasteiger partial charge is 0.462 e. The Balaban J connectivity index is 2.32. The van der Waals surface area contributed by atoms with Gasteiger partial charge in [-0.3, -0.25) is 0 Å². The Morgan fingerprint density at radius 2 is 2.22 bits per heavy atom. The van der Waals surface area contributed by atoms with E-state index >= 15 is 0 Å². The molecular weight excluding hydrogens is 244 g/mol. The van der Waals surface area contributed by atoms with E-state index in [1.807, 2.05) is 0 Å². The van der Waals surface area contributed by atoms with Crippen molar-refractivity contribution in [2.75, 3.05) is 6.61 Å². The molecule has 94 valence electrons. The summed E-state index contributed by atoms with van der Waals surface area (Å²) in [5.41, 5.74) is 0.169. The van der Waals surface area contributed by atoms with Gasteiger partial charge in [-0.25, -0.2) is 23.2 Å². The van der Waals surface area contributed by atoms with Gasteiger partial charge in [-0.05, 0) is 6.92 Å². The van der Waals surface area contributed by atoms with Crippen LogP contribution in [0.25, 0.3) is 5.82 Å². The summed E-state index contributed by atoms with van der Waals surface area (Å²) in [5, 5.41) is 3.77. The molecule has 2 aromatic rings. The number of hydrogen-bond donors (Lipinski definition) is 0. The first-order valence-corrected chi connectivity index (χ1v) is 5.15. The van der Waals surface area contributed by atoms with Crippen molar-refractivity contribution < 1.29 is 18.3 Å². The molecule has 5 nitrogen and oxygen atoms in total. The molecule has 0 spiro atoms. The highest BCUT2D eigenvalue weighted by molar-refractivity contribution is 5.88. The molecule has 18 heavy (non-hydrogen) atoms. The Hall–Kier alpha value is -2.31. The summed E-state index contributed by atoms with van der Waals surface area (Å²) in [6.45, 7) is 1.90.